The number of hydrogen-bond acceptors (Lipinski definition) is 4. The molecule has 0 saturated carbocycles. The number of nitrogens with one attached hydrogen (secondary N) is 1. The van der Waals surface area contributed by atoms with Gasteiger partial charge in [0.2, 0.25) is 6.79 Å². The Morgan fingerprint density at radius 3 is 2.75 bits per heavy atom. The molecule has 3 aromatic rings. The van der Waals surface area contributed by atoms with E-state index in [1.165, 1.54) is 0 Å². The summed E-state index contributed by atoms with van der Waals surface area (Å²) < 4.78 is 12.5. The van der Waals surface area contributed by atoms with Crippen molar-refractivity contribution in [3.8, 4) is 11.5 Å². The number of amides is 1. The Hall–Kier alpha value is -3.28. The van der Waals surface area contributed by atoms with E-state index < -0.39 is 0 Å². The van der Waals surface area contributed by atoms with Gasteiger partial charge in [0.25, 0.3) is 5.91 Å². The molecule has 0 radical (unpaired) electrons. The van der Waals surface area contributed by atoms with Crippen molar-refractivity contribution in [1.82, 2.24) is 9.55 Å². The van der Waals surface area contributed by atoms with Gasteiger partial charge in [0, 0.05) is 36.3 Å². The third-order valence-corrected chi connectivity index (χ3v) is 3.77. The van der Waals surface area contributed by atoms with Crippen molar-refractivity contribution < 1.29 is 14.3 Å². The zero-order valence-corrected chi connectivity index (χ0v) is 12.8. The van der Waals surface area contributed by atoms with Crippen LogP contribution in [0.3, 0.4) is 0 Å². The molecular weight excluding hydrogens is 306 g/mol. The molecule has 0 fully saturated rings. The summed E-state index contributed by atoms with van der Waals surface area (Å²) in [7, 11) is 0. The highest BCUT2D eigenvalue weighted by Gasteiger charge is 2.14. The molecule has 0 saturated heterocycles. The first-order valence-corrected chi connectivity index (χ1v) is 7.54. The van der Waals surface area contributed by atoms with E-state index >= 15 is 0 Å². The molecule has 6 nitrogen and oxygen atoms in total. The summed E-state index contributed by atoms with van der Waals surface area (Å²) in [5, 5.41) is 2.86. The Labute approximate surface area is 138 Å². The third kappa shape index (κ3) is 2.94. The van der Waals surface area contributed by atoms with Gasteiger partial charge in [-0.25, -0.2) is 4.98 Å². The van der Waals surface area contributed by atoms with Crippen LogP contribution in [0, 0.1) is 0 Å². The fourth-order valence-corrected chi connectivity index (χ4v) is 2.53. The van der Waals surface area contributed by atoms with Crippen LogP contribution in [0.1, 0.15) is 15.9 Å². The van der Waals surface area contributed by atoms with Gasteiger partial charge in [-0.2, -0.15) is 0 Å². The van der Waals surface area contributed by atoms with E-state index in [9.17, 15) is 4.79 Å². The molecule has 0 aliphatic carbocycles. The van der Waals surface area contributed by atoms with Crippen LogP contribution < -0.4 is 14.8 Å². The number of benzene rings is 2. The first kappa shape index (κ1) is 14.3. The average Bonchev–Trinajstić information content (AvgIpc) is 3.26. The van der Waals surface area contributed by atoms with E-state index in [2.05, 4.69) is 10.3 Å². The number of carbonyl (C=O) groups excluding carboxylic acids is 1. The van der Waals surface area contributed by atoms with Crippen molar-refractivity contribution in [3.05, 3.63) is 72.3 Å². The number of hydrogen-bond donors (Lipinski definition) is 1. The number of aromatic nitrogens is 2. The number of nitrogens with zero attached hydrogens (tertiary/aromatic N) is 2. The zero-order chi connectivity index (χ0) is 16.4. The van der Waals surface area contributed by atoms with E-state index in [0.717, 1.165) is 12.1 Å². The summed E-state index contributed by atoms with van der Waals surface area (Å²) in [6.45, 7) is 0.940. The molecule has 0 bridgehead atoms. The summed E-state index contributed by atoms with van der Waals surface area (Å²) in [5.41, 5.74) is 2.38. The minimum absolute atomic E-state index is 0.164. The van der Waals surface area contributed by atoms with Crippen LogP contribution in [0.2, 0.25) is 0 Å². The summed E-state index contributed by atoms with van der Waals surface area (Å²) in [6, 6.07) is 12.8. The Morgan fingerprint density at radius 1 is 1.12 bits per heavy atom. The molecule has 1 aliphatic heterocycles. The fourth-order valence-electron chi connectivity index (χ4n) is 2.53. The molecule has 2 aromatic carbocycles. The second-order valence-corrected chi connectivity index (χ2v) is 5.45. The van der Waals surface area contributed by atoms with E-state index in [1.54, 1.807) is 30.7 Å². The van der Waals surface area contributed by atoms with Gasteiger partial charge in [0.15, 0.2) is 11.5 Å². The molecule has 24 heavy (non-hydrogen) atoms. The van der Waals surface area contributed by atoms with Gasteiger partial charge in [-0.3, -0.25) is 4.79 Å². The highest BCUT2D eigenvalue weighted by Crippen LogP contribution is 2.34. The van der Waals surface area contributed by atoms with E-state index in [4.69, 9.17) is 9.47 Å². The number of carbonyl (C=O) groups is 1. The maximum atomic E-state index is 12.3. The van der Waals surface area contributed by atoms with E-state index in [1.807, 2.05) is 35.0 Å². The van der Waals surface area contributed by atoms with Crippen molar-refractivity contribution in [3.63, 3.8) is 0 Å². The number of ether oxygens (including phenoxy) is 2. The molecule has 0 atom stereocenters. The maximum absolute atomic E-state index is 12.3. The van der Waals surface area contributed by atoms with Crippen molar-refractivity contribution in [2.45, 2.75) is 6.54 Å². The largest absolute Gasteiger partial charge is 0.454 e. The molecule has 1 aliphatic rings. The van der Waals surface area contributed by atoms with Gasteiger partial charge >= 0.3 is 0 Å². The van der Waals surface area contributed by atoms with Gasteiger partial charge in [-0.1, -0.05) is 12.1 Å². The summed E-state index contributed by atoms with van der Waals surface area (Å²) >= 11 is 0. The third-order valence-electron chi connectivity index (χ3n) is 3.77. The molecule has 1 N–H and O–H groups in total. The minimum Gasteiger partial charge on any atom is -0.454 e. The topological polar surface area (TPSA) is 65.4 Å². The van der Waals surface area contributed by atoms with Crippen LogP contribution in [-0.4, -0.2) is 22.3 Å². The first-order valence-electron chi connectivity index (χ1n) is 7.54. The molecule has 6 heteroatoms. The second kappa shape index (κ2) is 6.08. The average molecular weight is 321 g/mol. The van der Waals surface area contributed by atoms with Crippen LogP contribution in [0.25, 0.3) is 0 Å². The Morgan fingerprint density at radius 2 is 1.96 bits per heavy atom. The number of fused-ring (bicyclic) bond motifs is 1. The van der Waals surface area contributed by atoms with Crippen LogP contribution in [0.5, 0.6) is 11.5 Å². The molecule has 0 spiro atoms. The number of imidazole rings is 1. The first-order chi connectivity index (χ1) is 11.8. The molecule has 1 amide bonds. The molecule has 2 heterocycles. The lowest BCUT2D eigenvalue weighted by atomic mass is 10.1. The summed E-state index contributed by atoms with van der Waals surface area (Å²) in [4.78, 5) is 16.4. The predicted molar refractivity (Wildman–Crippen MR) is 88.3 cm³/mol. The van der Waals surface area contributed by atoms with Crippen molar-refractivity contribution in [2.75, 3.05) is 12.1 Å². The Balaban J connectivity index is 1.44. The highest BCUT2D eigenvalue weighted by atomic mass is 16.7. The molecule has 1 aromatic heterocycles. The standard InChI is InChI=1S/C18H15N3O3/c22-18(20-15-5-6-16-17(9-15)24-12-23-16)14-3-1-13(2-4-14)10-21-8-7-19-11-21/h1-9,11H,10,12H2,(H,20,22). The van der Waals surface area contributed by atoms with Crippen LogP contribution >= 0.6 is 0 Å². The quantitative estimate of drug-likeness (QED) is 0.802. The summed E-state index contributed by atoms with van der Waals surface area (Å²) in [6.07, 6.45) is 5.41. The molecule has 120 valence electrons. The minimum atomic E-state index is -0.164. The highest BCUT2D eigenvalue weighted by molar-refractivity contribution is 6.04. The van der Waals surface area contributed by atoms with Gasteiger partial charge < -0.3 is 19.4 Å². The smallest absolute Gasteiger partial charge is 0.255 e. The summed E-state index contributed by atoms with van der Waals surface area (Å²) in [5.74, 6) is 1.17. The Kier molecular flexibility index (Phi) is 3.63. The van der Waals surface area contributed by atoms with E-state index in [-0.39, 0.29) is 12.7 Å². The van der Waals surface area contributed by atoms with Crippen LogP contribution in [0.4, 0.5) is 5.69 Å². The lowest BCUT2D eigenvalue weighted by Crippen LogP contribution is -2.11. The Bertz CT molecular complexity index is 858. The molecule has 4 rings (SSSR count). The van der Waals surface area contributed by atoms with Gasteiger partial charge in [0.05, 0.1) is 6.33 Å². The van der Waals surface area contributed by atoms with Crippen molar-refractivity contribution >= 4 is 11.6 Å². The zero-order valence-electron chi connectivity index (χ0n) is 12.8. The normalized spacial score (nSPS) is 12.2. The number of anilines is 1. The maximum Gasteiger partial charge on any atom is 0.255 e. The van der Waals surface area contributed by atoms with Gasteiger partial charge in [0.1, 0.15) is 0 Å². The fraction of sp³-hybridized carbons (Fsp3) is 0.111. The number of rotatable bonds is 4. The van der Waals surface area contributed by atoms with Crippen molar-refractivity contribution in [2.24, 2.45) is 0 Å². The van der Waals surface area contributed by atoms with Gasteiger partial charge in [-0.15, -0.1) is 0 Å². The molecular formula is C18H15N3O3. The lowest BCUT2D eigenvalue weighted by molar-refractivity contribution is 0.102. The van der Waals surface area contributed by atoms with Crippen LogP contribution in [-0.2, 0) is 6.54 Å². The predicted octanol–water partition coefficient (Wildman–Crippen LogP) is 2.91. The molecule has 0 unspecified atom stereocenters. The second-order valence-electron chi connectivity index (χ2n) is 5.45. The SMILES string of the molecule is O=C(Nc1ccc2c(c1)OCO2)c1ccc(Cn2ccnc2)cc1. The monoisotopic (exact) mass is 321 g/mol. The van der Waals surface area contributed by atoms with E-state index in [0.29, 0.717) is 22.7 Å². The van der Waals surface area contributed by atoms with Gasteiger partial charge in [-0.05, 0) is 29.8 Å². The van der Waals surface area contributed by atoms with Crippen molar-refractivity contribution in [1.29, 1.82) is 0 Å². The lowest BCUT2D eigenvalue weighted by Gasteiger charge is -2.07. The van der Waals surface area contributed by atoms with Crippen LogP contribution in [0.15, 0.2) is 61.2 Å².